The third kappa shape index (κ3) is 2.69. The number of hydrogen-bond donors (Lipinski definition) is 0. The monoisotopic (exact) mass is 210 g/mol. The molecule has 0 N–H and O–H groups in total. The molecule has 0 aliphatic carbocycles. The highest BCUT2D eigenvalue weighted by Gasteiger charge is 2.38. The Morgan fingerprint density at radius 1 is 1.60 bits per heavy atom. The Hall–Kier alpha value is -1.57. The van der Waals surface area contributed by atoms with E-state index >= 15 is 0 Å². The van der Waals surface area contributed by atoms with Crippen molar-refractivity contribution in [2.24, 2.45) is 0 Å². The minimum Gasteiger partial charge on any atom is -0.443 e. The summed E-state index contributed by atoms with van der Waals surface area (Å²) in [4.78, 5) is 23.8. The second-order valence-corrected chi connectivity index (χ2v) is 4.43. The summed E-state index contributed by atoms with van der Waals surface area (Å²) in [5.41, 5.74) is -0.653. The van der Waals surface area contributed by atoms with Crippen LogP contribution in [0.2, 0.25) is 0 Å². The lowest BCUT2D eigenvalue weighted by molar-refractivity contribution is -0.127. The van der Waals surface area contributed by atoms with E-state index in [2.05, 4.69) is 0 Å². The zero-order valence-corrected chi connectivity index (χ0v) is 9.11. The van der Waals surface area contributed by atoms with Gasteiger partial charge in [0.25, 0.3) is 0 Å². The van der Waals surface area contributed by atoms with E-state index in [0.717, 1.165) is 4.90 Å². The summed E-state index contributed by atoms with van der Waals surface area (Å²) in [6, 6.07) is 1.24. The molecule has 0 saturated carbocycles. The molecule has 1 unspecified atom stereocenters. The van der Waals surface area contributed by atoms with Gasteiger partial charge in [-0.1, -0.05) is 0 Å². The van der Waals surface area contributed by atoms with E-state index in [1.165, 1.54) is 0 Å². The molecule has 2 amide bonds. The number of nitriles is 1. The number of imide groups is 1. The summed E-state index contributed by atoms with van der Waals surface area (Å²) in [5.74, 6) is -0.337. The summed E-state index contributed by atoms with van der Waals surface area (Å²) in [7, 11) is 0. The van der Waals surface area contributed by atoms with Crippen LogP contribution in [0.25, 0.3) is 0 Å². The minimum atomic E-state index is -0.725. The normalized spacial score (nSPS) is 21.3. The molecule has 0 radical (unpaired) electrons. The second-order valence-electron chi connectivity index (χ2n) is 4.43. The van der Waals surface area contributed by atoms with E-state index in [-0.39, 0.29) is 12.3 Å². The summed E-state index contributed by atoms with van der Waals surface area (Å²) < 4.78 is 5.04. The molecule has 5 heteroatoms. The quantitative estimate of drug-likeness (QED) is 0.606. The summed E-state index contributed by atoms with van der Waals surface area (Å²) in [5, 5.41) is 8.75. The average Bonchev–Trinajstić information content (AvgIpc) is 2.43. The maximum atomic E-state index is 11.6. The largest absolute Gasteiger partial charge is 0.443 e. The van der Waals surface area contributed by atoms with Gasteiger partial charge >= 0.3 is 6.09 Å². The van der Waals surface area contributed by atoms with Gasteiger partial charge in [0.2, 0.25) is 5.91 Å². The highest BCUT2D eigenvalue weighted by atomic mass is 16.6. The van der Waals surface area contributed by atoms with Crippen LogP contribution in [-0.4, -0.2) is 28.5 Å². The van der Waals surface area contributed by atoms with Crippen LogP contribution < -0.4 is 0 Å². The van der Waals surface area contributed by atoms with E-state index in [1.807, 2.05) is 6.07 Å². The maximum Gasteiger partial charge on any atom is 0.418 e. The van der Waals surface area contributed by atoms with Crippen molar-refractivity contribution in [1.29, 1.82) is 5.26 Å². The molecule has 1 aliphatic rings. The highest BCUT2D eigenvalue weighted by molar-refractivity contribution is 5.94. The molecule has 0 aromatic carbocycles. The third-order valence-electron chi connectivity index (χ3n) is 1.95. The first kappa shape index (κ1) is 11.5. The molecule has 0 aromatic heterocycles. The number of likely N-dealkylation sites (tertiary alicyclic amines) is 1. The van der Waals surface area contributed by atoms with Crippen LogP contribution in [0.4, 0.5) is 4.79 Å². The van der Waals surface area contributed by atoms with Crippen molar-refractivity contribution in [3.05, 3.63) is 0 Å². The lowest BCUT2D eigenvalue weighted by Crippen LogP contribution is -2.41. The van der Waals surface area contributed by atoms with Crippen LogP contribution in [0.5, 0.6) is 0 Å². The molecule has 1 heterocycles. The van der Waals surface area contributed by atoms with Crippen LogP contribution in [-0.2, 0) is 9.53 Å². The number of carbonyl (C=O) groups excluding carboxylic acids is 2. The fourth-order valence-corrected chi connectivity index (χ4v) is 1.35. The maximum absolute atomic E-state index is 11.6. The summed E-state index contributed by atoms with van der Waals surface area (Å²) >= 11 is 0. The SMILES string of the molecule is CC(C)(C)OC(=O)N1C(=O)CCC1C#N. The predicted molar refractivity (Wildman–Crippen MR) is 51.7 cm³/mol. The van der Waals surface area contributed by atoms with E-state index in [0.29, 0.717) is 6.42 Å². The predicted octanol–water partition coefficient (Wildman–Crippen LogP) is 1.44. The fourth-order valence-electron chi connectivity index (χ4n) is 1.35. The standard InChI is InChI=1S/C10H14N2O3/c1-10(2,3)15-9(14)12-7(6-11)4-5-8(12)13/h7H,4-5H2,1-3H3. The molecule has 1 aliphatic heterocycles. The summed E-state index contributed by atoms with van der Waals surface area (Å²) in [6.07, 6.45) is -0.0944. The number of hydrogen-bond acceptors (Lipinski definition) is 4. The van der Waals surface area contributed by atoms with Gasteiger partial charge in [-0.2, -0.15) is 5.26 Å². The zero-order chi connectivity index (χ0) is 11.6. The molecule has 82 valence electrons. The van der Waals surface area contributed by atoms with Crippen LogP contribution in [0, 0.1) is 11.3 Å². The molecule has 0 spiro atoms. The third-order valence-corrected chi connectivity index (χ3v) is 1.95. The number of amides is 2. The summed E-state index contributed by atoms with van der Waals surface area (Å²) in [6.45, 7) is 5.15. The Morgan fingerprint density at radius 2 is 2.20 bits per heavy atom. The molecule has 0 aromatic rings. The van der Waals surface area contributed by atoms with Gasteiger partial charge in [-0.05, 0) is 27.2 Å². The lowest BCUT2D eigenvalue weighted by Gasteiger charge is -2.24. The molecule has 0 bridgehead atoms. The topological polar surface area (TPSA) is 70.4 Å². The van der Waals surface area contributed by atoms with Crippen molar-refractivity contribution in [2.45, 2.75) is 45.3 Å². The van der Waals surface area contributed by atoms with Crippen LogP contribution in [0.1, 0.15) is 33.6 Å². The molecule has 1 fully saturated rings. The Balaban J connectivity index is 2.74. The lowest BCUT2D eigenvalue weighted by atomic mass is 10.2. The molecule has 15 heavy (non-hydrogen) atoms. The van der Waals surface area contributed by atoms with Gasteiger partial charge in [-0.25, -0.2) is 9.69 Å². The number of carbonyl (C=O) groups is 2. The van der Waals surface area contributed by atoms with Crippen LogP contribution in [0.3, 0.4) is 0 Å². The van der Waals surface area contributed by atoms with E-state index in [1.54, 1.807) is 20.8 Å². The van der Waals surface area contributed by atoms with E-state index in [9.17, 15) is 9.59 Å². The Bertz CT molecular complexity index is 325. The van der Waals surface area contributed by atoms with Crippen LogP contribution in [0.15, 0.2) is 0 Å². The van der Waals surface area contributed by atoms with Gasteiger partial charge in [0.15, 0.2) is 0 Å². The molecule has 5 nitrogen and oxygen atoms in total. The Labute approximate surface area is 88.6 Å². The first-order valence-corrected chi connectivity index (χ1v) is 4.80. The first-order valence-electron chi connectivity index (χ1n) is 4.80. The second kappa shape index (κ2) is 3.89. The highest BCUT2D eigenvalue weighted by Crippen LogP contribution is 2.21. The molecular formula is C10H14N2O3. The van der Waals surface area contributed by atoms with Gasteiger partial charge < -0.3 is 4.74 Å². The first-order chi connectivity index (χ1) is 6.85. The van der Waals surface area contributed by atoms with E-state index < -0.39 is 17.7 Å². The van der Waals surface area contributed by atoms with Crippen molar-refractivity contribution in [2.75, 3.05) is 0 Å². The van der Waals surface area contributed by atoms with Crippen LogP contribution >= 0.6 is 0 Å². The molecule has 1 rings (SSSR count). The number of ether oxygens (including phenoxy) is 1. The van der Waals surface area contributed by atoms with Crippen molar-refractivity contribution in [3.63, 3.8) is 0 Å². The van der Waals surface area contributed by atoms with Crippen molar-refractivity contribution < 1.29 is 14.3 Å². The van der Waals surface area contributed by atoms with Crippen molar-refractivity contribution in [1.82, 2.24) is 4.90 Å². The molecule has 1 atom stereocenters. The Morgan fingerprint density at radius 3 is 2.67 bits per heavy atom. The van der Waals surface area contributed by atoms with Gasteiger partial charge in [0.1, 0.15) is 11.6 Å². The van der Waals surface area contributed by atoms with Crippen molar-refractivity contribution >= 4 is 12.0 Å². The van der Waals surface area contributed by atoms with Gasteiger partial charge in [0, 0.05) is 6.42 Å². The number of nitrogens with zero attached hydrogens (tertiary/aromatic N) is 2. The molecular weight excluding hydrogens is 196 g/mol. The zero-order valence-electron chi connectivity index (χ0n) is 9.11. The smallest absolute Gasteiger partial charge is 0.418 e. The van der Waals surface area contributed by atoms with Gasteiger partial charge in [0.05, 0.1) is 6.07 Å². The average molecular weight is 210 g/mol. The van der Waals surface area contributed by atoms with Gasteiger partial charge in [-0.15, -0.1) is 0 Å². The number of rotatable bonds is 0. The van der Waals surface area contributed by atoms with Crippen molar-refractivity contribution in [3.8, 4) is 6.07 Å². The minimum absolute atomic E-state index is 0.234. The fraction of sp³-hybridized carbons (Fsp3) is 0.700. The molecule has 1 saturated heterocycles. The van der Waals surface area contributed by atoms with E-state index in [4.69, 9.17) is 10.00 Å². The Kier molecular flexibility index (Phi) is 2.98. The van der Waals surface area contributed by atoms with Gasteiger partial charge in [-0.3, -0.25) is 4.79 Å².